The van der Waals surface area contributed by atoms with Crippen LogP contribution in [0.25, 0.3) is 10.9 Å². The van der Waals surface area contributed by atoms with Gasteiger partial charge in [-0.1, -0.05) is 36.4 Å². The number of pyridine rings is 2. The Hall–Kier alpha value is -2.22. The Labute approximate surface area is 100.0 Å². The molecule has 2 heterocycles. The molecule has 0 saturated carbocycles. The lowest BCUT2D eigenvalue weighted by Crippen LogP contribution is -1.94. The van der Waals surface area contributed by atoms with Crippen molar-refractivity contribution in [3.63, 3.8) is 0 Å². The zero-order valence-corrected chi connectivity index (χ0v) is 9.38. The first-order chi connectivity index (χ1) is 8.43. The molecule has 0 aliphatic rings. The SMILES string of the molecule is c1ccc(Cc2nccc3cccnc23)cc1. The summed E-state index contributed by atoms with van der Waals surface area (Å²) < 4.78 is 0. The second kappa shape index (κ2) is 4.34. The van der Waals surface area contributed by atoms with E-state index in [2.05, 4.69) is 28.2 Å². The van der Waals surface area contributed by atoms with Crippen LogP contribution >= 0.6 is 0 Å². The Morgan fingerprint density at radius 3 is 2.53 bits per heavy atom. The van der Waals surface area contributed by atoms with Gasteiger partial charge in [-0.2, -0.15) is 0 Å². The van der Waals surface area contributed by atoms with Gasteiger partial charge in [0, 0.05) is 24.2 Å². The summed E-state index contributed by atoms with van der Waals surface area (Å²) >= 11 is 0. The molecule has 0 aliphatic heterocycles. The van der Waals surface area contributed by atoms with Crippen molar-refractivity contribution in [2.45, 2.75) is 6.42 Å². The summed E-state index contributed by atoms with van der Waals surface area (Å²) in [4.78, 5) is 8.85. The number of nitrogens with zero attached hydrogens (tertiary/aromatic N) is 2. The standard InChI is InChI=1S/C15H12N2/c1-2-5-12(6-3-1)11-14-15-13(8-10-16-14)7-4-9-17-15/h1-10H,11H2. The van der Waals surface area contributed by atoms with Gasteiger partial charge in [-0.05, 0) is 17.7 Å². The minimum absolute atomic E-state index is 0.829. The molecule has 3 aromatic rings. The lowest BCUT2D eigenvalue weighted by atomic mass is 10.1. The van der Waals surface area contributed by atoms with Crippen molar-refractivity contribution in [2.24, 2.45) is 0 Å². The number of fused-ring (bicyclic) bond motifs is 1. The normalized spacial score (nSPS) is 10.6. The van der Waals surface area contributed by atoms with Crippen molar-refractivity contribution in [3.8, 4) is 0 Å². The minimum Gasteiger partial charge on any atom is -0.259 e. The fourth-order valence-corrected chi connectivity index (χ4v) is 1.98. The molecule has 2 heteroatoms. The van der Waals surface area contributed by atoms with E-state index in [4.69, 9.17) is 0 Å². The summed E-state index contributed by atoms with van der Waals surface area (Å²) in [5.74, 6) is 0. The van der Waals surface area contributed by atoms with Crippen molar-refractivity contribution in [1.82, 2.24) is 9.97 Å². The van der Waals surface area contributed by atoms with E-state index in [1.54, 1.807) is 0 Å². The predicted octanol–water partition coefficient (Wildman–Crippen LogP) is 3.22. The molecule has 0 spiro atoms. The largest absolute Gasteiger partial charge is 0.259 e. The summed E-state index contributed by atoms with van der Waals surface area (Å²) in [7, 11) is 0. The van der Waals surface area contributed by atoms with Crippen molar-refractivity contribution in [2.75, 3.05) is 0 Å². The highest BCUT2D eigenvalue weighted by Crippen LogP contribution is 2.16. The molecule has 82 valence electrons. The Kier molecular flexibility index (Phi) is 2.54. The third-order valence-electron chi connectivity index (χ3n) is 2.81. The van der Waals surface area contributed by atoms with Gasteiger partial charge in [-0.15, -0.1) is 0 Å². The molecule has 0 saturated heterocycles. The van der Waals surface area contributed by atoms with Gasteiger partial charge >= 0.3 is 0 Å². The molecule has 0 bridgehead atoms. The second-order valence-corrected chi connectivity index (χ2v) is 4.00. The Morgan fingerprint density at radius 1 is 0.765 bits per heavy atom. The van der Waals surface area contributed by atoms with Crippen LogP contribution in [0.15, 0.2) is 60.9 Å². The van der Waals surface area contributed by atoms with Crippen LogP contribution in [0.4, 0.5) is 0 Å². The van der Waals surface area contributed by atoms with Crippen molar-refractivity contribution >= 4 is 10.9 Å². The highest BCUT2D eigenvalue weighted by Gasteiger charge is 2.03. The number of benzene rings is 1. The van der Waals surface area contributed by atoms with Crippen LogP contribution in [0.3, 0.4) is 0 Å². The van der Waals surface area contributed by atoms with Gasteiger partial charge in [0.15, 0.2) is 0 Å². The number of hydrogen-bond donors (Lipinski definition) is 0. The van der Waals surface area contributed by atoms with Crippen LogP contribution in [-0.2, 0) is 6.42 Å². The third-order valence-corrected chi connectivity index (χ3v) is 2.81. The summed E-state index contributed by atoms with van der Waals surface area (Å²) in [5.41, 5.74) is 3.30. The summed E-state index contributed by atoms with van der Waals surface area (Å²) in [6.07, 6.45) is 4.50. The molecule has 0 N–H and O–H groups in total. The van der Waals surface area contributed by atoms with Crippen LogP contribution in [-0.4, -0.2) is 9.97 Å². The third kappa shape index (κ3) is 2.02. The first-order valence-electron chi connectivity index (χ1n) is 5.66. The molecule has 3 rings (SSSR count). The van der Waals surface area contributed by atoms with E-state index in [1.165, 1.54) is 5.56 Å². The molecular weight excluding hydrogens is 208 g/mol. The first-order valence-corrected chi connectivity index (χ1v) is 5.66. The fraction of sp³-hybridized carbons (Fsp3) is 0.0667. The maximum Gasteiger partial charge on any atom is 0.0920 e. The van der Waals surface area contributed by atoms with E-state index in [0.717, 1.165) is 23.0 Å². The van der Waals surface area contributed by atoms with Crippen LogP contribution in [0, 0.1) is 0 Å². The smallest absolute Gasteiger partial charge is 0.0920 e. The summed E-state index contributed by atoms with van der Waals surface area (Å²) in [6, 6.07) is 16.4. The lowest BCUT2D eigenvalue weighted by molar-refractivity contribution is 1.08. The molecule has 0 fully saturated rings. The van der Waals surface area contributed by atoms with E-state index < -0.39 is 0 Å². The van der Waals surface area contributed by atoms with Gasteiger partial charge in [-0.3, -0.25) is 9.97 Å². The molecular formula is C15H12N2. The molecule has 0 amide bonds. The van der Waals surface area contributed by atoms with E-state index in [0.29, 0.717) is 0 Å². The maximum atomic E-state index is 4.44. The van der Waals surface area contributed by atoms with Crippen LogP contribution in [0.5, 0.6) is 0 Å². The molecule has 0 unspecified atom stereocenters. The Balaban J connectivity index is 2.06. The molecule has 2 aromatic heterocycles. The molecule has 0 aliphatic carbocycles. The van der Waals surface area contributed by atoms with Gasteiger partial charge in [-0.25, -0.2) is 0 Å². The quantitative estimate of drug-likeness (QED) is 0.662. The van der Waals surface area contributed by atoms with Crippen molar-refractivity contribution in [1.29, 1.82) is 0 Å². The predicted molar refractivity (Wildman–Crippen MR) is 68.8 cm³/mol. The van der Waals surface area contributed by atoms with E-state index in [1.807, 2.05) is 42.7 Å². The van der Waals surface area contributed by atoms with E-state index >= 15 is 0 Å². The molecule has 0 radical (unpaired) electrons. The van der Waals surface area contributed by atoms with Gasteiger partial charge in [0.25, 0.3) is 0 Å². The Bertz CT molecular complexity index is 627. The minimum atomic E-state index is 0.829. The zero-order valence-electron chi connectivity index (χ0n) is 9.38. The van der Waals surface area contributed by atoms with Gasteiger partial charge in [0.05, 0.1) is 11.2 Å². The van der Waals surface area contributed by atoms with Gasteiger partial charge < -0.3 is 0 Å². The second-order valence-electron chi connectivity index (χ2n) is 4.00. The van der Waals surface area contributed by atoms with Gasteiger partial charge in [0.2, 0.25) is 0 Å². The molecule has 0 atom stereocenters. The van der Waals surface area contributed by atoms with Crippen molar-refractivity contribution < 1.29 is 0 Å². The van der Waals surface area contributed by atoms with Crippen LogP contribution in [0.1, 0.15) is 11.3 Å². The van der Waals surface area contributed by atoms with E-state index in [9.17, 15) is 0 Å². The van der Waals surface area contributed by atoms with E-state index in [-0.39, 0.29) is 0 Å². The maximum absolute atomic E-state index is 4.44. The average Bonchev–Trinajstić information content (AvgIpc) is 2.40. The molecule has 1 aromatic carbocycles. The fourth-order valence-electron chi connectivity index (χ4n) is 1.98. The highest BCUT2D eigenvalue weighted by molar-refractivity contribution is 5.80. The van der Waals surface area contributed by atoms with Crippen LogP contribution in [0.2, 0.25) is 0 Å². The van der Waals surface area contributed by atoms with Gasteiger partial charge in [0.1, 0.15) is 0 Å². The topological polar surface area (TPSA) is 25.8 Å². The Morgan fingerprint density at radius 2 is 1.65 bits per heavy atom. The summed E-state index contributed by atoms with van der Waals surface area (Å²) in [6.45, 7) is 0. The van der Waals surface area contributed by atoms with Crippen molar-refractivity contribution in [3.05, 3.63) is 72.2 Å². The highest BCUT2D eigenvalue weighted by atomic mass is 14.7. The number of aromatic nitrogens is 2. The summed E-state index contributed by atoms with van der Waals surface area (Å²) in [5, 5.41) is 1.15. The first kappa shape index (κ1) is 9.97. The zero-order chi connectivity index (χ0) is 11.5. The number of rotatable bonds is 2. The molecule has 17 heavy (non-hydrogen) atoms. The number of hydrogen-bond acceptors (Lipinski definition) is 2. The monoisotopic (exact) mass is 220 g/mol. The molecule has 2 nitrogen and oxygen atoms in total. The lowest BCUT2D eigenvalue weighted by Gasteiger charge is -2.04. The van der Waals surface area contributed by atoms with Crippen LogP contribution < -0.4 is 0 Å². The average molecular weight is 220 g/mol.